The summed E-state index contributed by atoms with van der Waals surface area (Å²) in [4.78, 5) is 16.3. The van der Waals surface area contributed by atoms with Gasteiger partial charge in [-0.05, 0) is 73.8 Å². The summed E-state index contributed by atoms with van der Waals surface area (Å²) in [5.74, 6) is 2.41. The minimum Gasteiger partial charge on any atom is -0.391 e. The van der Waals surface area contributed by atoms with E-state index in [-0.39, 0.29) is 17.7 Å². The van der Waals surface area contributed by atoms with Gasteiger partial charge in [0.15, 0.2) is 0 Å². The second kappa shape index (κ2) is 5.90. The highest BCUT2D eigenvalue weighted by atomic mass is 16.3. The number of aromatic nitrogens is 1. The van der Waals surface area contributed by atoms with Crippen LogP contribution in [0.2, 0.25) is 0 Å². The van der Waals surface area contributed by atoms with Gasteiger partial charge >= 0.3 is 0 Å². The molecule has 0 aliphatic heterocycles. The smallest absolute Gasteiger partial charge is 0.226 e. The summed E-state index contributed by atoms with van der Waals surface area (Å²) in [5, 5.41) is 13.7. The molecule has 1 amide bonds. The van der Waals surface area contributed by atoms with Crippen molar-refractivity contribution < 1.29 is 9.90 Å². The Morgan fingerprint density at radius 3 is 2.43 bits per heavy atom. The molecule has 4 aliphatic rings. The van der Waals surface area contributed by atoms with Crippen LogP contribution in [0.15, 0.2) is 24.4 Å². The predicted octanol–water partition coefficient (Wildman–Crippen LogP) is 2.32. The number of aliphatic hydroxyl groups excluding tert-OH is 1. The summed E-state index contributed by atoms with van der Waals surface area (Å²) >= 11 is 0. The lowest BCUT2D eigenvalue weighted by Crippen LogP contribution is -2.54. The largest absolute Gasteiger partial charge is 0.391 e. The molecule has 4 bridgehead atoms. The SMILES string of the molecule is O=C(Cc1ccccn1)NC[C@@H](O)C12CC3CC(CC(C3)C1)C2. The number of hydrogen-bond donors (Lipinski definition) is 2. The average molecular weight is 314 g/mol. The van der Waals surface area contributed by atoms with Crippen LogP contribution in [-0.4, -0.2) is 28.6 Å². The van der Waals surface area contributed by atoms with Crippen LogP contribution in [0.3, 0.4) is 0 Å². The summed E-state index contributed by atoms with van der Waals surface area (Å²) in [7, 11) is 0. The van der Waals surface area contributed by atoms with Crippen molar-refractivity contribution in [3.63, 3.8) is 0 Å². The lowest BCUT2D eigenvalue weighted by molar-refractivity contribution is -0.128. The Morgan fingerprint density at radius 1 is 1.22 bits per heavy atom. The van der Waals surface area contributed by atoms with Gasteiger partial charge in [0.25, 0.3) is 0 Å². The summed E-state index contributed by atoms with van der Waals surface area (Å²) in [6.45, 7) is 0.387. The summed E-state index contributed by atoms with van der Waals surface area (Å²) in [6, 6.07) is 5.59. The van der Waals surface area contributed by atoms with E-state index in [1.54, 1.807) is 6.20 Å². The minimum atomic E-state index is -0.399. The van der Waals surface area contributed by atoms with Crippen molar-refractivity contribution in [3.05, 3.63) is 30.1 Å². The van der Waals surface area contributed by atoms with E-state index in [1.807, 2.05) is 18.2 Å². The van der Waals surface area contributed by atoms with E-state index < -0.39 is 6.10 Å². The maximum atomic E-state index is 12.1. The third-order valence-electron chi connectivity index (χ3n) is 6.35. The maximum Gasteiger partial charge on any atom is 0.226 e. The van der Waals surface area contributed by atoms with Crippen molar-refractivity contribution in [3.8, 4) is 0 Å². The molecule has 4 aliphatic carbocycles. The van der Waals surface area contributed by atoms with Crippen LogP contribution in [0.5, 0.6) is 0 Å². The molecule has 4 nitrogen and oxygen atoms in total. The Balaban J connectivity index is 1.33. The molecule has 4 heteroatoms. The molecule has 2 N–H and O–H groups in total. The molecule has 4 fully saturated rings. The van der Waals surface area contributed by atoms with Crippen molar-refractivity contribution >= 4 is 5.91 Å². The summed E-state index contributed by atoms with van der Waals surface area (Å²) < 4.78 is 0. The van der Waals surface area contributed by atoms with Gasteiger partial charge in [-0.3, -0.25) is 9.78 Å². The minimum absolute atomic E-state index is 0.0486. The first-order valence-corrected chi connectivity index (χ1v) is 8.98. The number of carbonyl (C=O) groups excluding carboxylic acids is 1. The van der Waals surface area contributed by atoms with Gasteiger partial charge in [-0.1, -0.05) is 6.07 Å². The first kappa shape index (κ1) is 15.1. The van der Waals surface area contributed by atoms with Crippen LogP contribution in [-0.2, 0) is 11.2 Å². The monoisotopic (exact) mass is 314 g/mol. The molecule has 0 aromatic carbocycles. The Morgan fingerprint density at radius 2 is 1.87 bits per heavy atom. The number of nitrogens with zero attached hydrogens (tertiary/aromatic N) is 1. The normalized spacial score (nSPS) is 36.0. The number of nitrogens with one attached hydrogen (secondary N) is 1. The second-order valence-electron chi connectivity index (χ2n) is 8.10. The summed E-state index contributed by atoms with van der Waals surface area (Å²) in [5.41, 5.74) is 0.849. The molecule has 1 atom stereocenters. The van der Waals surface area contributed by atoms with Gasteiger partial charge in [0, 0.05) is 18.4 Å². The van der Waals surface area contributed by atoms with E-state index in [2.05, 4.69) is 10.3 Å². The zero-order valence-corrected chi connectivity index (χ0v) is 13.6. The van der Waals surface area contributed by atoms with Gasteiger partial charge < -0.3 is 10.4 Å². The molecule has 124 valence electrons. The fourth-order valence-corrected chi connectivity index (χ4v) is 5.74. The average Bonchev–Trinajstić information content (AvgIpc) is 2.52. The number of carbonyl (C=O) groups is 1. The fourth-order valence-electron chi connectivity index (χ4n) is 5.74. The number of rotatable bonds is 5. The van der Waals surface area contributed by atoms with E-state index in [1.165, 1.54) is 19.3 Å². The highest BCUT2D eigenvalue weighted by Gasteiger charge is 2.53. The quantitative estimate of drug-likeness (QED) is 0.877. The standard InChI is InChI=1S/C19H26N2O2/c22-17(12-21-18(23)8-16-3-1-2-4-20-16)19-9-13-5-14(10-19)7-15(6-13)11-19/h1-4,13-15,17,22H,5-12H2,(H,21,23)/t13?,14?,15?,17-,19?/m1/s1. The van der Waals surface area contributed by atoms with Gasteiger partial charge in [-0.25, -0.2) is 0 Å². The number of amides is 1. The molecule has 0 unspecified atom stereocenters. The lowest BCUT2D eigenvalue weighted by atomic mass is 9.48. The fraction of sp³-hybridized carbons (Fsp3) is 0.684. The van der Waals surface area contributed by atoms with E-state index in [4.69, 9.17) is 0 Å². The van der Waals surface area contributed by atoms with Crippen LogP contribution in [0.4, 0.5) is 0 Å². The van der Waals surface area contributed by atoms with Gasteiger partial charge in [0.1, 0.15) is 0 Å². The number of pyridine rings is 1. The molecule has 23 heavy (non-hydrogen) atoms. The highest BCUT2D eigenvalue weighted by molar-refractivity contribution is 5.78. The molecular weight excluding hydrogens is 288 g/mol. The third-order valence-corrected chi connectivity index (χ3v) is 6.35. The van der Waals surface area contributed by atoms with Crippen LogP contribution in [0.1, 0.15) is 44.2 Å². The Kier molecular flexibility index (Phi) is 3.88. The van der Waals surface area contributed by atoms with Gasteiger partial charge in [0.05, 0.1) is 12.5 Å². The third kappa shape index (κ3) is 3.01. The molecule has 5 rings (SSSR count). The van der Waals surface area contributed by atoms with E-state index in [0.717, 1.165) is 42.7 Å². The molecule has 0 spiro atoms. The summed E-state index contributed by atoms with van der Waals surface area (Å²) in [6.07, 6.45) is 9.20. The van der Waals surface area contributed by atoms with E-state index >= 15 is 0 Å². The van der Waals surface area contributed by atoms with Crippen molar-refractivity contribution in [2.75, 3.05) is 6.54 Å². The van der Waals surface area contributed by atoms with Crippen molar-refractivity contribution in [2.24, 2.45) is 23.2 Å². The second-order valence-corrected chi connectivity index (χ2v) is 8.10. The Bertz CT molecular complexity index is 537. The molecule has 1 aromatic heterocycles. The first-order valence-electron chi connectivity index (χ1n) is 8.98. The zero-order valence-electron chi connectivity index (χ0n) is 13.6. The van der Waals surface area contributed by atoms with Crippen LogP contribution in [0, 0.1) is 23.2 Å². The molecule has 1 aromatic rings. The Hall–Kier alpha value is -1.42. The molecule has 0 radical (unpaired) electrons. The highest BCUT2D eigenvalue weighted by Crippen LogP contribution is 2.61. The maximum absolute atomic E-state index is 12.1. The Labute approximate surface area is 137 Å². The number of hydrogen-bond acceptors (Lipinski definition) is 3. The molecule has 0 saturated heterocycles. The number of aliphatic hydroxyl groups is 1. The van der Waals surface area contributed by atoms with Crippen LogP contribution < -0.4 is 5.32 Å². The zero-order chi connectivity index (χ0) is 15.9. The predicted molar refractivity (Wildman–Crippen MR) is 87.6 cm³/mol. The lowest BCUT2D eigenvalue weighted by Gasteiger charge is -2.58. The van der Waals surface area contributed by atoms with E-state index in [0.29, 0.717) is 6.54 Å². The van der Waals surface area contributed by atoms with Gasteiger partial charge in [0.2, 0.25) is 5.91 Å². The van der Waals surface area contributed by atoms with E-state index in [9.17, 15) is 9.90 Å². The van der Waals surface area contributed by atoms with Crippen molar-refractivity contribution in [2.45, 2.75) is 51.0 Å². The van der Waals surface area contributed by atoms with Crippen LogP contribution in [0.25, 0.3) is 0 Å². The molecule has 4 saturated carbocycles. The molecule has 1 heterocycles. The van der Waals surface area contributed by atoms with Gasteiger partial charge in [-0.2, -0.15) is 0 Å². The van der Waals surface area contributed by atoms with Crippen LogP contribution >= 0.6 is 0 Å². The topological polar surface area (TPSA) is 62.2 Å². The van der Waals surface area contributed by atoms with Crippen molar-refractivity contribution in [1.29, 1.82) is 0 Å². The van der Waals surface area contributed by atoms with Crippen molar-refractivity contribution in [1.82, 2.24) is 10.3 Å². The van der Waals surface area contributed by atoms with Gasteiger partial charge in [-0.15, -0.1) is 0 Å². The first-order chi connectivity index (χ1) is 11.1. The molecular formula is C19H26N2O2.